The van der Waals surface area contributed by atoms with Crippen LogP contribution in [0.3, 0.4) is 0 Å². The second-order valence-electron chi connectivity index (χ2n) is 8.96. The normalized spacial score (nSPS) is 11.0. The van der Waals surface area contributed by atoms with E-state index in [1.807, 2.05) is 75.0 Å². The number of carbonyl (C=O) groups excluding carboxylic acids is 2. The van der Waals surface area contributed by atoms with E-state index in [0.717, 1.165) is 32.9 Å². The van der Waals surface area contributed by atoms with Crippen LogP contribution in [0.5, 0.6) is 0 Å². The fourth-order valence-corrected chi connectivity index (χ4v) is 4.41. The molecule has 0 spiro atoms. The molecule has 2 amide bonds. The Hall–Kier alpha value is -4.73. The standard InChI is InChI=1S/C29H27N7O2/c1-35-16-14-20(22-8-3-5-12-26(22)35)18-30-33-28(37)24-10-7-11-25(32-24)29(38)34-31-19-21-15-17-36(2)27-13-6-4-9-23(21)27/h3-17H,18-19H2,1-2H3,(H2-2,30,31,32,33,34,37,38)/p+2. The third-order valence-electron chi connectivity index (χ3n) is 6.43. The number of hydrazine groups is 2. The molecule has 0 aliphatic rings. The van der Waals surface area contributed by atoms with Crippen LogP contribution in [0.15, 0.2) is 91.3 Å². The molecule has 9 heteroatoms. The van der Waals surface area contributed by atoms with Gasteiger partial charge < -0.3 is 0 Å². The highest BCUT2D eigenvalue weighted by Gasteiger charge is 2.14. The van der Waals surface area contributed by atoms with E-state index < -0.39 is 11.8 Å². The van der Waals surface area contributed by atoms with E-state index in [4.69, 9.17) is 0 Å². The van der Waals surface area contributed by atoms with E-state index in [1.165, 1.54) is 0 Å². The average Bonchev–Trinajstić information content (AvgIpc) is 2.95. The molecule has 5 aromatic rings. The molecular formula is C29H29N7O2+2. The number of fused-ring (bicyclic) bond motifs is 2. The number of nitrogens with zero attached hydrogens (tertiary/aromatic N) is 3. The minimum atomic E-state index is -0.429. The third-order valence-corrected chi connectivity index (χ3v) is 6.43. The van der Waals surface area contributed by atoms with Crippen LogP contribution in [-0.2, 0) is 27.2 Å². The summed E-state index contributed by atoms with van der Waals surface area (Å²) >= 11 is 0. The fraction of sp³-hybridized carbons (Fsp3) is 0.138. The number of para-hydroxylation sites is 2. The molecule has 0 bridgehead atoms. The van der Waals surface area contributed by atoms with Crippen molar-refractivity contribution in [1.82, 2.24) is 26.7 Å². The summed E-state index contributed by atoms with van der Waals surface area (Å²) in [6.07, 6.45) is 3.97. The number of pyridine rings is 3. The van der Waals surface area contributed by atoms with E-state index in [9.17, 15) is 9.59 Å². The van der Waals surface area contributed by atoms with E-state index >= 15 is 0 Å². The van der Waals surface area contributed by atoms with Crippen molar-refractivity contribution in [3.8, 4) is 0 Å². The zero-order valence-corrected chi connectivity index (χ0v) is 21.2. The van der Waals surface area contributed by atoms with Crippen LogP contribution >= 0.6 is 0 Å². The molecule has 0 saturated heterocycles. The first-order chi connectivity index (χ1) is 18.5. The van der Waals surface area contributed by atoms with Gasteiger partial charge in [-0.2, -0.15) is 0 Å². The number of nitrogens with one attached hydrogen (secondary N) is 4. The molecule has 5 rings (SSSR count). The lowest BCUT2D eigenvalue weighted by Crippen LogP contribution is -2.39. The lowest BCUT2D eigenvalue weighted by molar-refractivity contribution is -0.645. The summed E-state index contributed by atoms with van der Waals surface area (Å²) in [5.41, 5.74) is 15.8. The van der Waals surface area contributed by atoms with Gasteiger partial charge >= 0.3 is 0 Å². The van der Waals surface area contributed by atoms with E-state index in [1.54, 1.807) is 18.2 Å². The van der Waals surface area contributed by atoms with Gasteiger partial charge in [0.15, 0.2) is 12.4 Å². The molecule has 0 radical (unpaired) electrons. The molecule has 0 saturated carbocycles. The van der Waals surface area contributed by atoms with Gasteiger partial charge in [-0.3, -0.25) is 20.4 Å². The van der Waals surface area contributed by atoms with Gasteiger partial charge in [-0.05, 0) is 35.4 Å². The topological polar surface area (TPSA) is 103 Å². The van der Waals surface area contributed by atoms with Crippen molar-refractivity contribution in [2.24, 2.45) is 14.1 Å². The molecule has 0 aliphatic carbocycles. The van der Waals surface area contributed by atoms with Crippen molar-refractivity contribution >= 4 is 33.6 Å². The molecule has 0 aliphatic heterocycles. The van der Waals surface area contributed by atoms with Gasteiger partial charge in [0, 0.05) is 37.4 Å². The van der Waals surface area contributed by atoms with E-state index in [0.29, 0.717) is 13.1 Å². The number of benzene rings is 2. The van der Waals surface area contributed by atoms with Crippen LogP contribution in [0.1, 0.15) is 32.1 Å². The molecule has 190 valence electrons. The number of aromatic nitrogens is 3. The van der Waals surface area contributed by atoms with Crippen LogP contribution < -0.4 is 30.8 Å². The SMILES string of the molecule is C[n+]1ccc(CNNC(=O)c2cccc(C(=O)NNCc3cc[n+](C)c4ccccc34)n2)c2ccccc21. The second kappa shape index (κ2) is 11.1. The number of carbonyl (C=O) groups is 2. The smallest absolute Gasteiger partial charge is 0.283 e. The molecule has 2 aromatic carbocycles. The van der Waals surface area contributed by atoms with Gasteiger partial charge in [0.1, 0.15) is 25.5 Å². The summed E-state index contributed by atoms with van der Waals surface area (Å²) in [5.74, 6) is -0.857. The van der Waals surface area contributed by atoms with E-state index in [2.05, 4.69) is 48.0 Å². The Labute approximate surface area is 220 Å². The summed E-state index contributed by atoms with van der Waals surface area (Å²) in [7, 11) is 3.99. The first-order valence-corrected chi connectivity index (χ1v) is 12.3. The Morgan fingerprint density at radius 3 is 1.55 bits per heavy atom. The van der Waals surface area contributed by atoms with Gasteiger partial charge in [0.25, 0.3) is 11.8 Å². The molecule has 0 unspecified atom stereocenters. The summed E-state index contributed by atoms with van der Waals surface area (Å²) in [5, 5.41) is 2.20. The monoisotopic (exact) mass is 507 g/mol. The Balaban J connectivity index is 1.17. The summed E-state index contributed by atoms with van der Waals surface area (Å²) in [4.78, 5) is 29.6. The van der Waals surface area contributed by atoms with Crippen molar-refractivity contribution < 1.29 is 18.7 Å². The van der Waals surface area contributed by atoms with Crippen molar-refractivity contribution in [3.63, 3.8) is 0 Å². The van der Waals surface area contributed by atoms with Crippen LogP contribution in [0, 0.1) is 0 Å². The van der Waals surface area contributed by atoms with Gasteiger partial charge in [0.2, 0.25) is 11.0 Å². The first-order valence-electron chi connectivity index (χ1n) is 12.3. The molecule has 0 fully saturated rings. The predicted octanol–water partition coefficient (Wildman–Crippen LogP) is 1.91. The van der Waals surface area contributed by atoms with Crippen molar-refractivity contribution in [1.29, 1.82) is 0 Å². The molecule has 38 heavy (non-hydrogen) atoms. The van der Waals surface area contributed by atoms with Gasteiger partial charge in [-0.25, -0.2) is 25.0 Å². The molecule has 9 nitrogen and oxygen atoms in total. The van der Waals surface area contributed by atoms with Crippen molar-refractivity contribution in [2.45, 2.75) is 13.1 Å². The fourth-order valence-electron chi connectivity index (χ4n) is 4.41. The van der Waals surface area contributed by atoms with Gasteiger partial charge in [0.05, 0.1) is 10.8 Å². The van der Waals surface area contributed by atoms with Crippen molar-refractivity contribution in [3.05, 3.63) is 114 Å². The number of aryl methyl sites for hydroxylation is 2. The maximum absolute atomic E-state index is 12.7. The quantitative estimate of drug-likeness (QED) is 0.190. The Morgan fingerprint density at radius 2 is 1.08 bits per heavy atom. The number of amides is 2. The second-order valence-corrected chi connectivity index (χ2v) is 8.96. The largest absolute Gasteiger partial charge is 0.286 e. The first kappa shape index (κ1) is 24.9. The van der Waals surface area contributed by atoms with Crippen LogP contribution in [0.25, 0.3) is 21.8 Å². The maximum Gasteiger partial charge on any atom is 0.283 e. The molecule has 3 aromatic heterocycles. The Kier molecular flexibility index (Phi) is 7.30. The summed E-state index contributed by atoms with van der Waals surface area (Å²) < 4.78 is 4.10. The number of rotatable bonds is 8. The summed E-state index contributed by atoms with van der Waals surface area (Å²) in [6, 6.07) is 24.9. The minimum absolute atomic E-state index is 0.135. The van der Waals surface area contributed by atoms with E-state index in [-0.39, 0.29) is 11.4 Å². The zero-order chi connectivity index (χ0) is 26.5. The molecular weight excluding hydrogens is 478 g/mol. The Morgan fingerprint density at radius 1 is 0.632 bits per heavy atom. The van der Waals surface area contributed by atoms with Crippen LogP contribution in [0.2, 0.25) is 0 Å². The minimum Gasteiger partial charge on any atom is -0.286 e. The number of hydrogen-bond acceptors (Lipinski definition) is 5. The van der Waals surface area contributed by atoms with Crippen LogP contribution in [-0.4, -0.2) is 16.8 Å². The van der Waals surface area contributed by atoms with Gasteiger partial charge in [-0.15, -0.1) is 0 Å². The molecule has 0 atom stereocenters. The highest BCUT2D eigenvalue weighted by molar-refractivity contribution is 5.96. The number of hydrogen-bond donors (Lipinski definition) is 4. The Bertz CT molecular complexity index is 1530. The molecule has 3 heterocycles. The highest BCUT2D eigenvalue weighted by atomic mass is 16.2. The highest BCUT2D eigenvalue weighted by Crippen LogP contribution is 2.15. The predicted molar refractivity (Wildman–Crippen MR) is 143 cm³/mol. The average molecular weight is 508 g/mol. The zero-order valence-electron chi connectivity index (χ0n) is 21.2. The lowest BCUT2D eigenvalue weighted by atomic mass is 10.1. The van der Waals surface area contributed by atoms with Crippen LogP contribution in [0.4, 0.5) is 0 Å². The van der Waals surface area contributed by atoms with Gasteiger partial charge in [-0.1, -0.05) is 30.3 Å². The van der Waals surface area contributed by atoms with Crippen molar-refractivity contribution in [2.75, 3.05) is 0 Å². The summed E-state index contributed by atoms with van der Waals surface area (Å²) in [6.45, 7) is 0.868. The maximum atomic E-state index is 12.7. The molecule has 4 N–H and O–H groups in total. The lowest BCUT2D eigenvalue weighted by Gasteiger charge is -2.10. The third kappa shape index (κ3) is 5.34.